The molecule has 0 aliphatic carbocycles. The van der Waals surface area contributed by atoms with Crippen molar-refractivity contribution < 1.29 is 0 Å². The molecule has 0 spiro atoms. The fourth-order valence-electron chi connectivity index (χ4n) is 11.2. The van der Waals surface area contributed by atoms with Gasteiger partial charge in [0, 0.05) is 17.1 Å². The molecule has 0 unspecified atom stereocenters. The van der Waals surface area contributed by atoms with Gasteiger partial charge >= 0.3 is 0 Å². The Morgan fingerprint density at radius 1 is 0.160 bits per heavy atom. The highest BCUT2D eigenvalue weighted by Gasteiger charge is 2.21. The van der Waals surface area contributed by atoms with E-state index >= 15 is 0 Å². The van der Waals surface area contributed by atoms with Crippen LogP contribution in [-0.2, 0) is 0 Å². The molecule has 0 N–H and O–H groups in total. The fourth-order valence-corrected chi connectivity index (χ4v) is 11.2. The van der Waals surface area contributed by atoms with E-state index in [1.165, 1.54) is 93.9 Å². The molecule has 0 saturated carbocycles. The highest BCUT2D eigenvalue weighted by atomic mass is 15.1. The molecule has 0 aliphatic rings. The lowest BCUT2D eigenvalue weighted by molar-refractivity contribution is 1.28. The van der Waals surface area contributed by atoms with Crippen LogP contribution in [0, 0.1) is 0 Å². The van der Waals surface area contributed by atoms with Crippen LogP contribution in [0.2, 0.25) is 0 Å². The van der Waals surface area contributed by atoms with Gasteiger partial charge in [-0.1, -0.05) is 267 Å². The SMILES string of the molecule is c1ccc(-c2ccc(N(c3ccc(-c4cccc(-c5ccccc5)c4-c4ccccc4)cc3)c3cccc(-c4ccc5c(c4)c(-c4ccccc4)c(-c4ccccc4)c4ccccc45)c3)cc2-c2ccccc2)cc1. The Labute approximate surface area is 439 Å². The first kappa shape index (κ1) is 45.1. The lowest BCUT2D eigenvalue weighted by Crippen LogP contribution is -2.10. The summed E-state index contributed by atoms with van der Waals surface area (Å²) in [6.07, 6.45) is 0. The van der Waals surface area contributed by atoms with Gasteiger partial charge in [0.25, 0.3) is 0 Å². The summed E-state index contributed by atoms with van der Waals surface area (Å²) in [5.41, 5.74) is 22.3. The van der Waals surface area contributed by atoms with E-state index in [1.807, 2.05) is 0 Å². The Morgan fingerprint density at radius 2 is 0.533 bits per heavy atom. The van der Waals surface area contributed by atoms with Crippen LogP contribution >= 0.6 is 0 Å². The number of hydrogen-bond acceptors (Lipinski definition) is 1. The van der Waals surface area contributed by atoms with Crippen molar-refractivity contribution in [2.24, 2.45) is 0 Å². The van der Waals surface area contributed by atoms with E-state index in [-0.39, 0.29) is 0 Å². The van der Waals surface area contributed by atoms with Gasteiger partial charge in [-0.25, -0.2) is 0 Å². The second-order valence-corrected chi connectivity index (χ2v) is 19.1. The fraction of sp³-hybridized carbons (Fsp3) is 0. The third-order valence-electron chi connectivity index (χ3n) is 14.7. The van der Waals surface area contributed by atoms with E-state index in [4.69, 9.17) is 0 Å². The summed E-state index contributed by atoms with van der Waals surface area (Å²) < 4.78 is 0. The van der Waals surface area contributed by atoms with Gasteiger partial charge in [-0.2, -0.15) is 0 Å². The first-order valence-corrected chi connectivity index (χ1v) is 25.8. The minimum Gasteiger partial charge on any atom is -0.310 e. The van der Waals surface area contributed by atoms with Gasteiger partial charge in [0.2, 0.25) is 0 Å². The van der Waals surface area contributed by atoms with Crippen molar-refractivity contribution in [2.75, 3.05) is 4.90 Å². The maximum atomic E-state index is 2.42. The first-order valence-electron chi connectivity index (χ1n) is 25.8. The van der Waals surface area contributed by atoms with Gasteiger partial charge in [0.15, 0.2) is 0 Å². The number of benzene rings is 13. The van der Waals surface area contributed by atoms with Crippen molar-refractivity contribution in [3.63, 3.8) is 0 Å². The summed E-state index contributed by atoms with van der Waals surface area (Å²) in [6, 6.07) is 113. The van der Waals surface area contributed by atoms with E-state index < -0.39 is 0 Å². The quantitative estimate of drug-likeness (QED) is 0.117. The second kappa shape index (κ2) is 20.0. The molecule has 1 heteroatoms. The van der Waals surface area contributed by atoms with Crippen LogP contribution in [0.25, 0.3) is 111 Å². The molecular weight excluding hydrogens is 903 g/mol. The Balaban J connectivity index is 0.996. The molecule has 0 heterocycles. The normalized spacial score (nSPS) is 11.2. The standard InChI is InChI=1S/C74H51N/c1-7-23-52(24-8-1)64-48-46-63(51-70(64)54-27-11-3-12-28-54)75(61-44-41-55(42-45-61)66-40-22-39-65(53-25-9-2-10-26-53)72(66)56-29-13-4-14-30-56)62-36-21-35-59(49-62)60-43-47-68-67-37-19-20-38-69(67)73(57-31-15-5-16-32-57)74(71(68)50-60)58-33-17-6-18-34-58/h1-51H. The summed E-state index contributed by atoms with van der Waals surface area (Å²) in [4.78, 5) is 2.42. The predicted molar refractivity (Wildman–Crippen MR) is 320 cm³/mol. The van der Waals surface area contributed by atoms with Gasteiger partial charge in [-0.3, -0.25) is 0 Å². The zero-order valence-electron chi connectivity index (χ0n) is 41.4. The molecule has 0 amide bonds. The molecule has 1 nitrogen and oxygen atoms in total. The maximum Gasteiger partial charge on any atom is 0.0468 e. The lowest BCUT2D eigenvalue weighted by Gasteiger charge is -2.28. The van der Waals surface area contributed by atoms with Crippen LogP contribution in [0.3, 0.4) is 0 Å². The number of hydrogen-bond donors (Lipinski definition) is 0. The van der Waals surface area contributed by atoms with Gasteiger partial charge in [-0.05, 0) is 153 Å². The Bertz CT molecular complexity index is 4110. The number of nitrogens with zero attached hydrogens (tertiary/aromatic N) is 1. The van der Waals surface area contributed by atoms with Crippen molar-refractivity contribution in [1.82, 2.24) is 0 Å². The number of anilines is 3. The van der Waals surface area contributed by atoms with Crippen molar-refractivity contribution in [1.29, 1.82) is 0 Å². The topological polar surface area (TPSA) is 3.24 Å². The van der Waals surface area contributed by atoms with Gasteiger partial charge in [0.1, 0.15) is 0 Å². The minimum atomic E-state index is 1.06. The number of rotatable bonds is 11. The maximum absolute atomic E-state index is 2.42. The van der Waals surface area contributed by atoms with Crippen molar-refractivity contribution >= 4 is 38.6 Å². The molecule has 0 saturated heterocycles. The molecule has 75 heavy (non-hydrogen) atoms. The molecule has 13 aromatic carbocycles. The van der Waals surface area contributed by atoms with Crippen LogP contribution in [0.1, 0.15) is 0 Å². The average molecular weight is 954 g/mol. The smallest absolute Gasteiger partial charge is 0.0468 e. The molecule has 0 fully saturated rings. The molecule has 13 rings (SSSR count). The first-order chi connectivity index (χ1) is 37.2. The number of fused-ring (bicyclic) bond motifs is 3. The highest BCUT2D eigenvalue weighted by molar-refractivity contribution is 6.22. The molecule has 13 aromatic rings. The summed E-state index contributed by atoms with van der Waals surface area (Å²) in [5.74, 6) is 0. The molecule has 0 aliphatic heterocycles. The second-order valence-electron chi connectivity index (χ2n) is 19.1. The van der Waals surface area contributed by atoms with Crippen molar-refractivity contribution in [3.8, 4) is 89.0 Å². The van der Waals surface area contributed by atoms with Crippen LogP contribution in [0.5, 0.6) is 0 Å². The van der Waals surface area contributed by atoms with Gasteiger partial charge in [-0.15, -0.1) is 0 Å². The Morgan fingerprint density at radius 3 is 1.11 bits per heavy atom. The average Bonchev–Trinajstić information content (AvgIpc) is 3.50. The third kappa shape index (κ3) is 8.67. The Kier molecular flexibility index (Phi) is 12.0. The highest BCUT2D eigenvalue weighted by Crippen LogP contribution is 2.48. The van der Waals surface area contributed by atoms with Gasteiger partial charge < -0.3 is 4.90 Å². The van der Waals surface area contributed by atoms with E-state index in [2.05, 4.69) is 314 Å². The molecular formula is C74H51N. The van der Waals surface area contributed by atoms with E-state index in [9.17, 15) is 0 Å². The van der Waals surface area contributed by atoms with Crippen molar-refractivity contribution in [2.45, 2.75) is 0 Å². The predicted octanol–water partition coefficient (Wildman–Crippen LogP) is 20.8. The third-order valence-corrected chi connectivity index (χ3v) is 14.7. The van der Waals surface area contributed by atoms with Crippen LogP contribution in [-0.4, -0.2) is 0 Å². The summed E-state index contributed by atoms with van der Waals surface area (Å²) in [7, 11) is 0. The van der Waals surface area contributed by atoms with E-state index in [1.54, 1.807) is 0 Å². The zero-order valence-corrected chi connectivity index (χ0v) is 41.4. The Hall–Kier alpha value is -9.82. The lowest BCUT2D eigenvalue weighted by atomic mass is 9.84. The van der Waals surface area contributed by atoms with Crippen LogP contribution in [0.15, 0.2) is 309 Å². The van der Waals surface area contributed by atoms with Crippen LogP contribution < -0.4 is 4.90 Å². The molecule has 0 atom stereocenters. The van der Waals surface area contributed by atoms with E-state index in [0.717, 1.165) is 33.8 Å². The summed E-state index contributed by atoms with van der Waals surface area (Å²) in [6.45, 7) is 0. The van der Waals surface area contributed by atoms with Crippen molar-refractivity contribution in [3.05, 3.63) is 309 Å². The molecule has 0 aromatic heterocycles. The monoisotopic (exact) mass is 953 g/mol. The van der Waals surface area contributed by atoms with E-state index in [0.29, 0.717) is 0 Å². The van der Waals surface area contributed by atoms with Gasteiger partial charge in [0.05, 0.1) is 0 Å². The summed E-state index contributed by atoms with van der Waals surface area (Å²) >= 11 is 0. The van der Waals surface area contributed by atoms with Crippen LogP contribution in [0.4, 0.5) is 17.1 Å². The molecule has 0 radical (unpaired) electrons. The molecule has 0 bridgehead atoms. The summed E-state index contributed by atoms with van der Waals surface area (Å²) in [5, 5.41) is 4.96. The zero-order chi connectivity index (χ0) is 49.9. The minimum absolute atomic E-state index is 1.06. The molecule has 352 valence electrons. The largest absolute Gasteiger partial charge is 0.310 e.